The number of aryl methyl sites for hydroxylation is 1. The number of carbonyl (C=O) groups excluding carboxylic acids is 1. The van der Waals surface area contributed by atoms with Crippen molar-refractivity contribution in [3.8, 4) is 16.5 Å². The lowest BCUT2D eigenvalue weighted by Crippen LogP contribution is -2.06. The minimum atomic E-state index is -0.451. The topological polar surface area (TPSA) is 65.7 Å². The first-order chi connectivity index (χ1) is 15.7. The average molecular weight is 462 g/mol. The van der Waals surface area contributed by atoms with E-state index in [0.717, 1.165) is 27.2 Å². The van der Waals surface area contributed by atoms with Gasteiger partial charge in [-0.25, -0.2) is 14.3 Å². The van der Waals surface area contributed by atoms with Crippen molar-refractivity contribution in [2.75, 3.05) is 0 Å². The summed E-state index contributed by atoms with van der Waals surface area (Å²) in [7, 11) is 0. The summed E-state index contributed by atoms with van der Waals surface area (Å²) in [6.07, 6.45) is 1.91. The molecule has 0 fully saturated rings. The SMILES string of the molecule is Cc1nn2ccsc2c1-c1nc(OCc2ccccc2)c(C(=O)OCc2ccccc2)s1. The predicted octanol–water partition coefficient (Wildman–Crippen LogP) is 5.76. The number of carbonyl (C=O) groups is 1. The van der Waals surface area contributed by atoms with Gasteiger partial charge in [-0.1, -0.05) is 60.7 Å². The second-order valence-electron chi connectivity index (χ2n) is 7.10. The number of thiazole rings is 2. The molecule has 0 saturated heterocycles. The van der Waals surface area contributed by atoms with Crippen molar-refractivity contribution in [2.45, 2.75) is 20.1 Å². The Morgan fingerprint density at radius 3 is 2.41 bits per heavy atom. The Morgan fingerprint density at radius 2 is 1.69 bits per heavy atom. The van der Waals surface area contributed by atoms with E-state index < -0.39 is 5.97 Å². The summed E-state index contributed by atoms with van der Waals surface area (Å²) in [6.45, 7) is 2.44. The van der Waals surface area contributed by atoms with Crippen LogP contribution in [-0.2, 0) is 18.0 Å². The molecular weight excluding hydrogens is 442 g/mol. The largest absolute Gasteiger partial charge is 0.472 e. The summed E-state index contributed by atoms with van der Waals surface area (Å²) in [6, 6.07) is 19.4. The second kappa shape index (κ2) is 8.94. The van der Waals surface area contributed by atoms with Gasteiger partial charge in [0.25, 0.3) is 0 Å². The molecular formula is C24H19N3O3S2. The number of rotatable bonds is 7. The fourth-order valence-corrected chi connectivity index (χ4v) is 5.24. The first-order valence-corrected chi connectivity index (χ1v) is 11.7. The Hall–Kier alpha value is -3.49. The van der Waals surface area contributed by atoms with Gasteiger partial charge in [0.1, 0.15) is 23.1 Å². The van der Waals surface area contributed by atoms with Crippen LogP contribution in [0.2, 0.25) is 0 Å². The molecule has 0 aliphatic rings. The molecule has 0 spiro atoms. The fraction of sp³-hybridized carbons (Fsp3) is 0.125. The Kier molecular flexibility index (Phi) is 5.70. The van der Waals surface area contributed by atoms with Crippen molar-refractivity contribution in [1.82, 2.24) is 14.6 Å². The van der Waals surface area contributed by atoms with Crippen LogP contribution in [0.3, 0.4) is 0 Å². The second-order valence-corrected chi connectivity index (χ2v) is 9.00. The number of hydrogen-bond acceptors (Lipinski definition) is 7. The summed E-state index contributed by atoms with van der Waals surface area (Å²) >= 11 is 2.85. The summed E-state index contributed by atoms with van der Waals surface area (Å²) in [5.41, 5.74) is 3.68. The van der Waals surface area contributed by atoms with Crippen LogP contribution in [-0.4, -0.2) is 20.6 Å². The normalized spacial score (nSPS) is 11.0. The molecule has 5 rings (SSSR count). The molecule has 0 radical (unpaired) electrons. The van der Waals surface area contributed by atoms with E-state index in [0.29, 0.717) is 16.5 Å². The third-order valence-corrected chi connectivity index (χ3v) is 6.76. The summed E-state index contributed by atoms with van der Waals surface area (Å²) in [4.78, 5) is 19.0. The minimum Gasteiger partial charge on any atom is -0.472 e. The van der Waals surface area contributed by atoms with Gasteiger partial charge in [0.15, 0.2) is 4.88 Å². The monoisotopic (exact) mass is 461 g/mol. The number of ether oxygens (including phenoxy) is 2. The zero-order chi connectivity index (χ0) is 21.9. The molecule has 2 aromatic carbocycles. The van der Waals surface area contributed by atoms with Gasteiger partial charge in [0.05, 0.1) is 11.3 Å². The van der Waals surface area contributed by atoms with Gasteiger partial charge in [0, 0.05) is 11.6 Å². The Labute approximate surface area is 192 Å². The van der Waals surface area contributed by atoms with Crippen LogP contribution in [0.25, 0.3) is 15.4 Å². The minimum absolute atomic E-state index is 0.188. The first kappa shape index (κ1) is 20.4. The number of fused-ring (bicyclic) bond motifs is 1. The molecule has 0 atom stereocenters. The molecule has 0 unspecified atom stereocenters. The Balaban J connectivity index is 1.46. The van der Waals surface area contributed by atoms with Gasteiger partial charge in [0.2, 0.25) is 5.88 Å². The van der Waals surface area contributed by atoms with Crippen molar-refractivity contribution < 1.29 is 14.3 Å². The van der Waals surface area contributed by atoms with Crippen LogP contribution in [0.15, 0.2) is 72.2 Å². The smallest absolute Gasteiger partial charge is 0.354 e. The van der Waals surface area contributed by atoms with E-state index in [2.05, 4.69) is 10.1 Å². The van der Waals surface area contributed by atoms with Crippen molar-refractivity contribution in [2.24, 2.45) is 0 Å². The fourth-order valence-electron chi connectivity index (χ4n) is 3.29. The van der Waals surface area contributed by atoms with Crippen molar-refractivity contribution in [3.05, 3.63) is 93.9 Å². The maximum atomic E-state index is 13.0. The molecule has 0 bridgehead atoms. The molecule has 8 heteroatoms. The molecule has 5 aromatic rings. The average Bonchev–Trinajstić information content (AvgIpc) is 3.52. The molecule has 3 heterocycles. The van der Waals surface area contributed by atoms with E-state index in [1.54, 1.807) is 11.3 Å². The third-order valence-electron chi connectivity index (χ3n) is 4.85. The van der Waals surface area contributed by atoms with Gasteiger partial charge in [-0.15, -0.1) is 22.7 Å². The number of nitrogens with zero attached hydrogens (tertiary/aromatic N) is 3. The number of benzene rings is 2. The quantitative estimate of drug-likeness (QED) is 0.288. The maximum absolute atomic E-state index is 13.0. The van der Waals surface area contributed by atoms with Gasteiger partial charge in [-0.3, -0.25) is 0 Å². The van der Waals surface area contributed by atoms with Crippen LogP contribution in [0, 0.1) is 6.92 Å². The zero-order valence-corrected chi connectivity index (χ0v) is 18.9. The van der Waals surface area contributed by atoms with Crippen LogP contribution >= 0.6 is 22.7 Å². The molecule has 0 aliphatic carbocycles. The van der Waals surface area contributed by atoms with Gasteiger partial charge >= 0.3 is 5.97 Å². The third kappa shape index (κ3) is 4.15. The van der Waals surface area contributed by atoms with E-state index in [-0.39, 0.29) is 12.5 Å². The zero-order valence-electron chi connectivity index (χ0n) is 17.2. The molecule has 0 aliphatic heterocycles. The van der Waals surface area contributed by atoms with E-state index in [1.165, 1.54) is 11.3 Å². The molecule has 6 nitrogen and oxygen atoms in total. The summed E-state index contributed by atoms with van der Waals surface area (Å²) in [5, 5.41) is 7.20. The standard InChI is InChI=1S/C24H19N3O3S2/c1-16-19(23-27(26-16)12-13-31-23)22-25-21(29-14-17-8-4-2-5-9-17)20(32-22)24(28)30-15-18-10-6-3-7-11-18/h2-13H,14-15H2,1H3. The lowest BCUT2D eigenvalue weighted by molar-refractivity contribution is 0.0473. The number of hydrogen-bond donors (Lipinski definition) is 0. The molecule has 0 amide bonds. The van der Waals surface area contributed by atoms with Crippen molar-refractivity contribution in [3.63, 3.8) is 0 Å². The lowest BCUT2D eigenvalue weighted by atomic mass is 10.2. The van der Waals surface area contributed by atoms with Crippen molar-refractivity contribution in [1.29, 1.82) is 0 Å². The Morgan fingerprint density at radius 1 is 1.00 bits per heavy atom. The molecule has 160 valence electrons. The summed E-state index contributed by atoms with van der Waals surface area (Å²) < 4.78 is 13.4. The van der Waals surface area contributed by atoms with Crippen molar-refractivity contribution >= 4 is 33.5 Å². The first-order valence-electron chi connectivity index (χ1n) is 10.0. The highest BCUT2D eigenvalue weighted by molar-refractivity contribution is 7.19. The molecule has 0 N–H and O–H groups in total. The van der Waals surface area contributed by atoms with E-state index >= 15 is 0 Å². The lowest BCUT2D eigenvalue weighted by Gasteiger charge is -2.06. The van der Waals surface area contributed by atoms with E-state index in [9.17, 15) is 4.79 Å². The highest BCUT2D eigenvalue weighted by atomic mass is 32.1. The van der Waals surface area contributed by atoms with E-state index in [4.69, 9.17) is 9.47 Å². The van der Waals surface area contributed by atoms with E-state index in [1.807, 2.05) is 83.7 Å². The molecule has 32 heavy (non-hydrogen) atoms. The van der Waals surface area contributed by atoms with Gasteiger partial charge < -0.3 is 9.47 Å². The summed E-state index contributed by atoms with van der Waals surface area (Å²) in [5.74, 6) is -0.171. The van der Waals surface area contributed by atoms with Crippen LogP contribution < -0.4 is 4.74 Å². The van der Waals surface area contributed by atoms with Crippen LogP contribution in [0.5, 0.6) is 5.88 Å². The number of aromatic nitrogens is 3. The predicted molar refractivity (Wildman–Crippen MR) is 125 cm³/mol. The maximum Gasteiger partial charge on any atom is 0.354 e. The van der Waals surface area contributed by atoms with Gasteiger partial charge in [-0.2, -0.15) is 5.10 Å². The molecule has 0 saturated carbocycles. The van der Waals surface area contributed by atoms with Gasteiger partial charge in [-0.05, 0) is 18.1 Å². The number of esters is 1. The van der Waals surface area contributed by atoms with Crippen LogP contribution in [0.1, 0.15) is 26.5 Å². The van der Waals surface area contributed by atoms with Crippen LogP contribution in [0.4, 0.5) is 0 Å². The molecule has 3 aromatic heterocycles. The Bertz CT molecular complexity index is 1360. The highest BCUT2D eigenvalue weighted by Crippen LogP contribution is 2.38. The highest BCUT2D eigenvalue weighted by Gasteiger charge is 2.25.